The van der Waals surface area contributed by atoms with Crippen LogP contribution in [0.3, 0.4) is 0 Å². The normalized spacial score (nSPS) is 12.8. The van der Waals surface area contributed by atoms with Crippen LogP contribution in [0.1, 0.15) is 80.6 Å². The van der Waals surface area contributed by atoms with Gasteiger partial charge in [0.05, 0.1) is 23.5 Å². The number of carbonyl (C=O) groups is 1. The smallest absolute Gasteiger partial charge is 0.255 e. The van der Waals surface area contributed by atoms with Crippen molar-refractivity contribution in [2.24, 2.45) is 5.92 Å². The van der Waals surface area contributed by atoms with Crippen LogP contribution in [0.5, 0.6) is 0 Å². The van der Waals surface area contributed by atoms with Gasteiger partial charge in [0.15, 0.2) is 0 Å². The minimum Gasteiger partial charge on any atom is -0.464 e. The molecular weight excluding hydrogens is 302 g/mol. The maximum atomic E-state index is 12.7. The van der Waals surface area contributed by atoms with Crippen molar-refractivity contribution in [1.82, 2.24) is 15.1 Å². The lowest BCUT2D eigenvalue weighted by molar-refractivity contribution is 0.0933. The van der Waals surface area contributed by atoms with E-state index in [0.717, 1.165) is 30.2 Å². The highest BCUT2D eigenvalue weighted by Gasteiger charge is 2.22. The first-order chi connectivity index (χ1) is 11.3. The van der Waals surface area contributed by atoms with Gasteiger partial charge in [-0.05, 0) is 44.2 Å². The Balaban J connectivity index is 2.16. The molecule has 24 heavy (non-hydrogen) atoms. The first-order valence-corrected chi connectivity index (χ1v) is 8.72. The van der Waals surface area contributed by atoms with E-state index in [1.165, 1.54) is 0 Å². The topological polar surface area (TPSA) is 60.1 Å². The minimum atomic E-state index is -0.176. The number of hydrogen-bond donors (Lipinski definition) is 1. The van der Waals surface area contributed by atoms with E-state index in [0.29, 0.717) is 11.5 Å². The van der Waals surface area contributed by atoms with Gasteiger partial charge in [0.25, 0.3) is 5.91 Å². The van der Waals surface area contributed by atoms with Gasteiger partial charge in [-0.15, -0.1) is 0 Å². The Bertz CT molecular complexity index is 683. The van der Waals surface area contributed by atoms with Crippen molar-refractivity contribution in [2.45, 2.75) is 66.5 Å². The van der Waals surface area contributed by atoms with Gasteiger partial charge in [0, 0.05) is 6.54 Å². The highest BCUT2D eigenvalue weighted by Crippen LogP contribution is 2.22. The Kier molecular flexibility index (Phi) is 5.86. The van der Waals surface area contributed by atoms with Crippen molar-refractivity contribution in [3.05, 3.63) is 41.1 Å². The molecule has 1 N–H and O–H groups in total. The quantitative estimate of drug-likeness (QED) is 0.815. The molecule has 132 valence electrons. The van der Waals surface area contributed by atoms with Crippen LogP contribution >= 0.6 is 0 Å². The molecule has 5 nitrogen and oxygen atoms in total. The zero-order valence-corrected chi connectivity index (χ0v) is 15.6. The predicted molar refractivity (Wildman–Crippen MR) is 95.1 cm³/mol. The van der Waals surface area contributed by atoms with Crippen LogP contribution in [-0.2, 0) is 6.54 Å². The van der Waals surface area contributed by atoms with E-state index < -0.39 is 0 Å². The van der Waals surface area contributed by atoms with Crippen LogP contribution in [0.2, 0.25) is 0 Å². The molecule has 0 aromatic carbocycles. The lowest BCUT2D eigenvalue weighted by Crippen LogP contribution is -2.27. The first-order valence-electron chi connectivity index (χ1n) is 8.72. The summed E-state index contributed by atoms with van der Waals surface area (Å²) in [4.78, 5) is 12.7. The molecule has 0 aliphatic heterocycles. The molecule has 0 aliphatic carbocycles. The number of rotatable bonds is 7. The predicted octanol–water partition coefficient (Wildman–Crippen LogP) is 4.45. The van der Waals surface area contributed by atoms with Gasteiger partial charge in [-0.1, -0.05) is 27.7 Å². The minimum absolute atomic E-state index is 0.101. The van der Waals surface area contributed by atoms with Crippen LogP contribution < -0.4 is 5.32 Å². The van der Waals surface area contributed by atoms with Crippen LogP contribution in [0, 0.1) is 12.8 Å². The van der Waals surface area contributed by atoms with Gasteiger partial charge >= 0.3 is 0 Å². The molecule has 2 heterocycles. The number of nitrogens with zero attached hydrogens (tertiary/aromatic N) is 2. The molecule has 0 radical (unpaired) electrons. The lowest BCUT2D eigenvalue weighted by Gasteiger charge is -2.15. The van der Waals surface area contributed by atoms with Crippen molar-refractivity contribution in [2.75, 3.05) is 0 Å². The summed E-state index contributed by atoms with van der Waals surface area (Å²) in [6.45, 7) is 13.2. The van der Waals surface area contributed by atoms with Crippen molar-refractivity contribution >= 4 is 5.91 Å². The number of hydrogen-bond acceptors (Lipinski definition) is 3. The standard InChI is InChI=1S/C19H29N3O2/c1-12(2)9-10-22-18(13(3)4)16(11-20-22)19(23)21-15(6)17-8-7-14(5)24-17/h7-8,11-13,15H,9-10H2,1-6H3,(H,21,23)/t15-/m1/s1. The molecule has 0 unspecified atom stereocenters. The molecule has 5 heteroatoms. The second-order valence-electron chi connectivity index (χ2n) is 7.15. The fraction of sp³-hybridized carbons (Fsp3) is 0.579. The second kappa shape index (κ2) is 7.69. The maximum Gasteiger partial charge on any atom is 0.255 e. The van der Waals surface area contributed by atoms with Gasteiger partial charge < -0.3 is 9.73 Å². The summed E-state index contributed by atoms with van der Waals surface area (Å²) in [5.74, 6) is 2.35. The Hall–Kier alpha value is -2.04. The third kappa shape index (κ3) is 4.28. The average molecular weight is 331 g/mol. The third-order valence-corrected chi connectivity index (χ3v) is 4.13. The second-order valence-corrected chi connectivity index (χ2v) is 7.15. The van der Waals surface area contributed by atoms with E-state index >= 15 is 0 Å². The first kappa shape index (κ1) is 18.3. The van der Waals surface area contributed by atoms with Gasteiger partial charge in [-0.25, -0.2) is 0 Å². The molecule has 2 rings (SSSR count). The molecule has 1 atom stereocenters. The fourth-order valence-corrected chi connectivity index (χ4v) is 2.77. The molecule has 1 amide bonds. The van der Waals surface area contributed by atoms with E-state index in [9.17, 15) is 4.79 Å². The van der Waals surface area contributed by atoms with Gasteiger partial charge in [0.2, 0.25) is 0 Å². The summed E-state index contributed by atoms with van der Waals surface area (Å²) in [6, 6.07) is 3.63. The Morgan fingerprint density at radius 1 is 1.25 bits per heavy atom. The molecule has 0 saturated heterocycles. The van der Waals surface area contributed by atoms with Crippen LogP contribution in [0.15, 0.2) is 22.7 Å². The summed E-state index contributed by atoms with van der Waals surface area (Å²) in [6.07, 6.45) is 2.73. The van der Waals surface area contributed by atoms with Gasteiger partial charge in [0.1, 0.15) is 11.5 Å². The number of furan rings is 1. The molecule has 0 saturated carbocycles. The molecule has 2 aromatic heterocycles. The van der Waals surface area contributed by atoms with E-state index in [1.807, 2.05) is 30.7 Å². The summed E-state index contributed by atoms with van der Waals surface area (Å²) < 4.78 is 7.57. The average Bonchev–Trinajstić information content (AvgIpc) is 3.11. The number of aryl methyl sites for hydroxylation is 2. The molecular formula is C19H29N3O2. The summed E-state index contributed by atoms with van der Waals surface area (Å²) >= 11 is 0. The fourth-order valence-electron chi connectivity index (χ4n) is 2.77. The third-order valence-electron chi connectivity index (χ3n) is 4.13. The number of carbonyl (C=O) groups excluding carboxylic acids is 1. The Labute approximate surface area is 144 Å². The Morgan fingerprint density at radius 2 is 1.96 bits per heavy atom. The van der Waals surface area contributed by atoms with E-state index in [1.54, 1.807) is 6.20 Å². The van der Waals surface area contributed by atoms with Crippen LogP contribution in [-0.4, -0.2) is 15.7 Å². The largest absolute Gasteiger partial charge is 0.464 e. The van der Waals surface area contributed by atoms with E-state index in [2.05, 4.69) is 38.1 Å². The van der Waals surface area contributed by atoms with Gasteiger partial charge in [-0.3, -0.25) is 9.48 Å². The Morgan fingerprint density at radius 3 is 2.50 bits per heavy atom. The van der Waals surface area contributed by atoms with Crippen molar-refractivity contribution in [3.63, 3.8) is 0 Å². The molecule has 0 fully saturated rings. The van der Waals surface area contributed by atoms with Crippen molar-refractivity contribution in [3.8, 4) is 0 Å². The number of nitrogens with one attached hydrogen (secondary N) is 1. The summed E-state index contributed by atoms with van der Waals surface area (Å²) in [5, 5.41) is 7.46. The number of amides is 1. The van der Waals surface area contributed by atoms with E-state index in [-0.39, 0.29) is 17.9 Å². The highest BCUT2D eigenvalue weighted by atomic mass is 16.3. The zero-order valence-electron chi connectivity index (χ0n) is 15.6. The monoisotopic (exact) mass is 331 g/mol. The van der Waals surface area contributed by atoms with Crippen LogP contribution in [0.4, 0.5) is 0 Å². The summed E-state index contributed by atoms with van der Waals surface area (Å²) in [7, 11) is 0. The van der Waals surface area contributed by atoms with Crippen LogP contribution in [0.25, 0.3) is 0 Å². The summed E-state index contributed by atoms with van der Waals surface area (Å²) in [5.41, 5.74) is 1.65. The SMILES string of the molecule is Cc1ccc([C@@H](C)NC(=O)c2cnn(CCC(C)C)c2C(C)C)o1. The highest BCUT2D eigenvalue weighted by molar-refractivity contribution is 5.95. The maximum absolute atomic E-state index is 12.7. The lowest BCUT2D eigenvalue weighted by atomic mass is 10.0. The van der Waals surface area contributed by atoms with Crippen molar-refractivity contribution in [1.29, 1.82) is 0 Å². The number of aromatic nitrogens is 2. The molecule has 0 aliphatic rings. The van der Waals surface area contributed by atoms with E-state index in [4.69, 9.17) is 4.42 Å². The van der Waals surface area contributed by atoms with Gasteiger partial charge in [-0.2, -0.15) is 5.10 Å². The molecule has 2 aromatic rings. The molecule has 0 spiro atoms. The van der Waals surface area contributed by atoms with Crippen molar-refractivity contribution < 1.29 is 9.21 Å². The zero-order chi connectivity index (χ0) is 17.9. The molecule has 0 bridgehead atoms.